The Morgan fingerprint density at radius 3 is 1.88 bits per heavy atom. The van der Waals surface area contributed by atoms with E-state index < -0.39 is 0 Å². The average Bonchev–Trinajstić information content (AvgIpc) is 1.83. The van der Waals surface area contributed by atoms with Crippen molar-refractivity contribution in [3.63, 3.8) is 0 Å². The molecule has 0 aliphatic rings. The minimum absolute atomic E-state index is 0.239. The molecule has 0 rings (SSSR count). The number of aliphatic hydroxyl groups is 1. The van der Waals surface area contributed by atoms with Gasteiger partial charge >= 0.3 is 66.1 Å². The monoisotopic (exact) mass is 247 g/mol. The summed E-state index contributed by atoms with van der Waals surface area (Å²) in [5, 5.41) is 8.43. The van der Waals surface area contributed by atoms with Crippen molar-refractivity contribution in [2.45, 2.75) is 0 Å². The Morgan fingerprint density at radius 1 is 1.25 bits per heavy atom. The number of hydrogen-bond acceptors (Lipinski definition) is 2. The van der Waals surface area contributed by atoms with Crippen LogP contribution in [0.5, 0.6) is 0 Å². The molecule has 0 unspecified atom stereocenters. The third-order valence-electron chi connectivity index (χ3n) is 0.781. The Hall–Kier alpha value is 0.959. The molecule has 0 aromatic heterocycles. The van der Waals surface area contributed by atoms with E-state index in [0.717, 1.165) is 17.4 Å². The van der Waals surface area contributed by atoms with Crippen molar-refractivity contribution < 1.29 is 5.11 Å². The summed E-state index contributed by atoms with van der Waals surface area (Å²) in [6.07, 6.45) is 0. The summed E-state index contributed by atoms with van der Waals surface area (Å²) in [7, 11) is 0. The maximum atomic E-state index is 8.43. The van der Waals surface area contributed by atoms with E-state index in [1.54, 1.807) is 0 Å². The van der Waals surface area contributed by atoms with Crippen LogP contribution in [0.2, 0.25) is 0 Å². The van der Waals surface area contributed by atoms with Gasteiger partial charge in [0.15, 0.2) is 0 Å². The summed E-state index contributed by atoms with van der Waals surface area (Å²) in [6.45, 7) is 0.989. The second kappa shape index (κ2) is 6.08. The van der Waals surface area contributed by atoms with Crippen LogP contribution in [0.4, 0.5) is 0 Å². The van der Waals surface area contributed by atoms with Crippen LogP contribution in [0.25, 0.3) is 0 Å². The fourth-order valence-corrected chi connectivity index (χ4v) is 1.82. The second-order valence-corrected chi connectivity index (χ2v) is 2.46. The first kappa shape index (κ1) is 8.96. The molecule has 8 heavy (non-hydrogen) atoms. The van der Waals surface area contributed by atoms with Gasteiger partial charge in [0.25, 0.3) is 0 Å². The topological polar surface area (TPSA) is 23.5 Å². The molecular formula is C4H9NOSe2. The summed E-state index contributed by atoms with van der Waals surface area (Å²) in [5.74, 6) is 0. The Balaban J connectivity index is 3.07. The van der Waals surface area contributed by atoms with Gasteiger partial charge in [-0.1, -0.05) is 0 Å². The van der Waals surface area contributed by atoms with Gasteiger partial charge in [0.05, 0.1) is 0 Å². The average molecular weight is 245 g/mol. The van der Waals surface area contributed by atoms with Crippen molar-refractivity contribution >= 4 is 32.0 Å². The van der Waals surface area contributed by atoms with Gasteiger partial charge in [-0.05, 0) is 0 Å². The fraction of sp³-hybridized carbons (Fsp3) is 1.00. The van der Waals surface area contributed by atoms with Crippen molar-refractivity contribution in [1.82, 2.24) is 4.90 Å². The van der Waals surface area contributed by atoms with E-state index in [0.29, 0.717) is 0 Å². The molecule has 0 heterocycles. The van der Waals surface area contributed by atoms with Crippen LogP contribution in [0.15, 0.2) is 0 Å². The molecule has 2 radical (unpaired) electrons. The van der Waals surface area contributed by atoms with Crippen LogP contribution in [0.3, 0.4) is 0 Å². The fourth-order valence-electron chi connectivity index (χ4n) is 0.308. The molecule has 2 nitrogen and oxygen atoms in total. The van der Waals surface area contributed by atoms with Gasteiger partial charge in [0.1, 0.15) is 0 Å². The molecule has 0 aromatic rings. The summed E-state index contributed by atoms with van der Waals surface area (Å²) >= 11 is 5.75. The molecule has 0 atom stereocenters. The van der Waals surface area contributed by atoms with Crippen molar-refractivity contribution in [2.75, 3.05) is 24.0 Å². The maximum absolute atomic E-state index is 8.43. The molecule has 0 saturated heterocycles. The van der Waals surface area contributed by atoms with Crippen molar-refractivity contribution in [3.05, 3.63) is 0 Å². The Kier molecular flexibility index (Phi) is 6.81. The molecule has 0 bridgehead atoms. The van der Waals surface area contributed by atoms with E-state index in [-0.39, 0.29) is 6.61 Å². The van der Waals surface area contributed by atoms with E-state index in [1.165, 1.54) is 0 Å². The number of rotatable bonds is 4. The summed E-state index contributed by atoms with van der Waals surface area (Å²) in [6, 6.07) is 0. The quantitative estimate of drug-likeness (QED) is 0.611. The minimum atomic E-state index is 0.239. The van der Waals surface area contributed by atoms with E-state index in [2.05, 4.69) is 36.9 Å². The molecule has 0 aromatic carbocycles. The predicted octanol–water partition coefficient (Wildman–Crippen LogP) is -1.47. The molecule has 0 aliphatic carbocycles. The Morgan fingerprint density at radius 2 is 1.75 bits per heavy atom. The summed E-state index contributed by atoms with van der Waals surface area (Å²) < 4.78 is 0. The molecule has 48 valence electrons. The first-order chi connectivity index (χ1) is 3.85. The zero-order valence-electron chi connectivity index (χ0n) is 4.54. The zero-order valence-corrected chi connectivity index (χ0v) is 7.97. The van der Waals surface area contributed by atoms with Gasteiger partial charge in [-0.2, -0.15) is 0 Å². The number of hydrogen-bond donors (Lipinski definition) is 1. The van der Waals surface area contributed by atoms with E-state index in [4.69, 9.17) is 5.11 Å². The van der Waals surface area contributed by atoms with E-state index in [9.17, 15) is 0 Å². The molecule has 0 aliphatic heterocycles. The van der Waals surface area contributed by atoms with Gasteiger partial charge < -0.3 is 0 Å². The third kappa shape index (κ3) is 3.90. The second-order valence-electron chi connectivity index (χ2n) is 1.38. The van der Waals surface area contributed by atoms with Crippen LogP contribution >= 0.6 is 0 Å². The van der Waals surface area contributed by atoms with Crippen molar-refractivity contribution in [2.24, 2.45) is 0 Å². The third-order valence-corrected chi connectivity index (χ3v) is 2.31. The molecule has 1 N–H and O–H groups in total. The van der Waals surface area contributed by atoms with Crippen molar-refractivity contribution in [3.8, 4) is 0 Å². The van der Waals surface area contributed by atoms with E-state index >= 15 is 0 Å². The van der Waals surface area contributed by atoms with Crippen LogP contribution in [-0.4, -0.2) is 66.1 Å². The first-order valence-corrected chi connectivity index (χ1v) is 4.76. The molecular weight excluding hydrogens is 236 g/mol. The van der Waals surface area contributed by atoms with Crippen LogP contribution < -0.4 is 0 Å². The van der Waals surface area contributed by atoms with Crippen molar-refractivity contribution in [1.29, 1.82) is 0 Å². The summed E-state index contributed by atoms with van der Waals surface area (Å²) in [4.78, 5) is 2.07. The van der Waals surface area contributed by atoms with E-state index in [1.807, 2.05) is 0 Å². The van der Waals surface area contributed by atoms with Gasteiger partial charge in [-0.3, -0.25) is 0 Å². The van der Waals surface area contributed by atoms with Crippen LogP contribution in [0, 0.1) is 0 Å². The predicted molar refractivity (Wildman–Crippen MR) is 35.0 cm³/mol. The van der Waals surface area contributed by atoms with Gasteiger partial charge in [0, 0.05) is 0 Å². The van der Waals surface area contributed by atoms with Crippen LogP contribution in [-0.2, 0) is 0 Å². The molecule has 4 heteroatoms. The van der Waals surface area contributed by atoms with Gasteiger partial charge in [-0.15, -0.1) is 0 Å². The first-order valence-electron chi connectivity index (χ1n) is 2.34. The molecule has 0 amide bonds. The van der Waals surface area contributed by atoms with Gasteiger partial charge in [0.2, 0.25) is 0 Å². The zero-order chi connectivity index (χ0) is 6.41. The summed E-state index contributed by atoms with van der Waals surface area (Å²) in [5.41, 5.74) is 1.76. The molecule has 0 saturated carbocycles. The standard InChI is InChI=1S/C4H9NOSe2/c6-2-1-5(3-7)4-8/h6H,1-4H2. The van der Waals surface area contributed by atoms with Crippen LogP contribution in [0.1, 0.15) is 0 Å². The number of aliphatic hydroxyl groups excluding tert-OH is 1. The van der Waals surface area contributed by atoms with Gasteiger partial charge in [-0.25, -0.2) is 0 Å². The Labute approximate surface area is 66.3 Å². The SMILES string of the molecule is OCCN(C[Se])C[Se]. The molecule has 0 fully saturated rings. The Bertz CT molecular complexity index is 49.3. The number of nitrogens with zero attached hydrogens (tertiary/aromatic N) is 1. The normalized spacial score (nSPS) is 10.5. The molecule has 0 spiro atoms.